The first-order chi connectivity index (χ1) is 10.3. The van der Waals surface area contributed by atoms with Gasteiger partial charge in [-0.15, -0.1) is 0 Å². The molecule has 0 aliphatic carbocycles. The van der Waals surface area contributed by atoms with E-state index in [-0.39, 0.29) is 5.91 Å². The van der Waals surface area contributed by atoms with Crippen LogP contribution >= 0.6 is 0 Å². The van der Waals surface area contributed by atoms with E-state index < -0.39 is 0 Å². The molecular formula is C16H14N4O. The number of rotatable bonds is 4. The van der Waals surface area contributed by atoms with Crippen LogP contribution in [-0.4, -0.2) is 20.7 Å². The Bertz CT molecular complexity index is 723. The van der Waals surface area contributed by atoms with Crippen LogP contribution < -0.4 is 5.32 Å². The molecule has 0 saturated heterocycles. The van der Waals surface area contributed by atoms with Gasteiger partial charge in [0.25, 0.3) is 5.91 Å². The third-order valence-electron chi connectivity index (χ3n) is 3.04. The highest BCUT2D eigenvalue weighted by Gasteiger charge is 2.05. The van der Waals surface area contributed by atoms with Crippen LogP contribution in [0.1, 0.15) is 15.9 Å². The molecule has 3 aromatic rings. The van der Waals surface area contributed by atoms with Crippen LogP contribution in [0.25, 0.3) is 5.82 Å². The average molecular weight is 278 g/mol. The van der Waals surface area contributed by atoms with E-state index in [1.807, 2.05) is 42.6 Å². The van der Waals surface area contributed by atoms with E-state index in [1.54, 1.807) is 29.2 Å². The first kappa shape index (κ1) is 13.1. The lowest BCUT2D eigenvalue weighted by Gasteiger charge is -2.07. The Morgan fingerprint density at radius 3 is 2.71 bits per heavy atom. The number of nitrogens with one attached hydrogen (secondary N) is 1. The minimum Gasteiger partial charge on any atom is -0.348 e. The molecule has 3 rings (SSSR count). The van der Waals surface area contributed by atoms with Gasteiger partial charge >= 0.3 is 0 Å². The summed E-state index contributed by atoms with van der Waals surface area (Å²) in [7, 11) is 0. The van der Waals surface area contributed by atoms with E-state index in [0.717, 1.165) is 11.4 Å². The van der Waals surface area contributed by atoms with E-state index in [2.05, 4.69) is 15.4 Å². The molecule has 0 atom stereocenters. The largest absolute Gasteiger partial charge is 0.348 e. The lowest BCUT2D eigenvalue weighted by molar-refractivity contribution is 0.0951. The van der Waals surface area contributed by atoms with Crippen LogP contribution in [0.2, 0.25) is 0 Å². The molecule has 0 aliphatic rings. The topological polar surface area (TPSA) is 59.8 Å². The Labute approximate surface area is 122 Å². The maximum absolute atomic E-state index is 12.0. The number of hydrogen-bond donors (Lipinski definition) is 1. The van der Waals surface area contributed by atoms with E-state index in [1.165, 1.54) is 0 Å². The Morgan fingerprint density at radius 1 is 1.10 bits per heavy atom. The maximum atomic E-state index is 12.0. The Balaban J connectivity index is 1.69. The molecular weight excluding hydrogens is 264 g/mol. The zero-order valence-electron chi connectivity index (χ0n) is 11.3. The van der Waals surface area contributed by atoms with Gasteiger partial charge in [-0.05, 0) is 35.9 Å². The van der Waals surface area contributed by atoms with Crippen molar-refractivity contribution in [3.63, 3.8) is 0 Å². The molecule has 104 valence electrons. The molecule has 0 spiro atoms. The van der Waals surface area contributed by atoms with Gasteiger partial charge in [-0.25, -0.2) is 9.67 Å². The van der Waals surface area contributed by atoms with E-state index >= 15 is 0 Å². The van der Waals surface area contributed by atoms with Crippen molar-refractivity contribution < 1.29 is 4.79 Å². The predicted molar refractivity (Wildman–Crippen MR) is 79.0 cm³/mol. The van der Waals surface area contributed by atoms with Crippen LogP contribution in [0.4, 0.5) is 0 Å². The zero-order chi connectivity index (χ0) is 14.5. The highest BCUT2D eigenvalue weighted by molar-refractivity contribution is 5.94. The third kappa shape index (κ3) is 3.14. The highest BCUT2D eigenvalue weighted by Crippen LogP contribution is 2.06. The number of benzene rings is 1. The van der Waals surface area contributed by atoms with Crippen LogP contribution in [0, 0.1) is 0 Å². The fourth-order valence-electron chi connectivity index (χ4n) is 1.97. The minimum absolute atomic E-state index is 0.0898. The molecule has 0 aliphatic heterocycles. The second-order valence-electron chi connectivity index (χ2n) is 4.52. The molecule has 1 N–H and O–H groups in total. The van der Waals surface area contributed by atoms with Crippen LogP contribution in [0.15, 0.2) is 67.1 Å². The summed E-state index contributed by atoms with van der Waals surface area (Å²) in [5.74, 6) is 0.638. The number of nitrogens with zero attached hydrogens (tertiary/aromatic N) is 3. The SMILES string of the molecule is O=C(NCc1ccnc(-n2cccn2)c1)c1ccccc1. The summed E-state index contributed by atoms with van der Waals surface area (Å²) >= 11 is 0. The number of carbonyl (C=O) groups excluding carboxylic acids is 1. The van der Waals surface area contributed by atoms with Crippen LogP contribution in [0.5, 0.6) is 0 Å². The van der Waals surface area contributed by atoms with Gasteiger partial charge in [0.05, 0.1) is 0 Å². The number of aromatic nitrogens is 3. The van der Waals surface area contributed by atoms with E-state index in [0.29, 0.717) is 12.1 Å². The number of pyridine rings is 1. The first-order valence-electron chi connectivity index (χ1n) is 6.61. The number of carbonyl (C=O) groups is 1. The highest BCUT2D eigenvalue weighted by atomic mass is 16.1. The molecule has 2 aromatic heterocycles. The van der Waals surface area contributed by atoms with Crippen molar-refractivity contribution in [2.75, 3.05) is 0 Å². The molecule has 0 unspecified atom stereocenters. The zero-order valence-corrected chi connectivity index (χ0v) is 11.3. The predicted octanol–water partition coefficient (Wildman–Crippen LogP) is 2.20. The van der Waals surface area contributed by atoms with E-state index in [4.69, 9.17) is 0 Å². The van der Waals surface area contributed by atoms with Gasteiger partial charge in [0, 0.05) is 30.7 Å². The second-order valence-corrected chi connectivity index (χ2v) is 4.52. The third-order valence-corrected chi connectivity index (χ3v) is 3.04. The standard InChI is InChI=1S/C16H14N4O/c21-16(14-5-2-1-3-6-14)18-12-13-7-9-17-15(11-13)20-10-4-8-19-20/h1-11H,12H2,(H,18,21). The Kier molecular flexibility index (Phi) is 3.73. The molecule has 5 heteroatoms. The molecule has 1 amide bonds. The molecule has 5 nitrogen and oxygen atoms in total. The van der Waals surface area contributed by atoms with Gasteiger partial charge in [-0.2, -0.15) is 5.10 Å². The molecule has 21 heavy (non-hydrogen) atoms. The van der Waals surface area contributed by atoms with Gasteiger partial charge in [-0.3, -0.25) is 4.79 Å². The average Bonchev–Trinajstić information content (AvgIpc) is 3.08. The maximum Gasteiger partial charge on any atom is 0.251 e. The van der Waals surface area contributed by atoms with Crippen molar-refractivity contribution in [3.8, 4) is 5.82 Å². The summed E-state index contributed by atoms with van der Waals surface area (Å²) in [6.45, 7) is 0.449. The number of hydrogen-bond acceptors (Lipinski definition) is 3. The van der Waals surface area contributed by atoms with Crippen LogP contribution in [-0.2, 0) is 6.54 Å². The van der Waals surface area contributed by atoms with Gasteiger partial charge in [0.1, 0.15) is 0 Å². The molecule has 1 aromatic carbocycles. The summed E-state index contributed by atoms with van der Waals surface area (Å²) < 4.78 is 1.68. The lowest BCUT2D eigenvalue weighted by atomic mass is 10.2. The number of amides is 1. The Hall–Kier alpha value is -2.95. The lowest BCUT2D eigenvalue weighted by Crippen LogP contribution is -2.22. The molecule has 0 fully saturated rings. The molecule has 0 bridgehead atoms. The van der Waals surface area contributed by atoms with Crippen molar-refractivity contribution in [3.05, 3.63) is 78.2 Å². The minimum atomic E-state index is -0.0898. The fourth-order valence-corrected chi connectivity index (χ4v) is 1.97. The monoisotopic (exact) mass is 278 g/mol. The van der Waals surface area contributed by atoms with Crippen molar-refractivity contribution in [1.82, 2.24) is 20.1 Å². The smallest absolute Gasteiger partial charge is 0.251 e. The van der Waals surface area contributed by atoms with Crippen molar-refractivity contribution in [2.45, 2.75) is 6.54 Å². The van der Waals surface area contributed by atoms with Gasteiger partial charge in [-0.1, -0.05) is 18.2 Å². The van der Waals surface area contributed by atoms with Crippen molar-refractivity contribution >= 4 is 5.91 Å². The normalized spacial score (nSPS) is 10.3. The Morgan fingerprint density at radius 2 is 1.95 bits per heavy atom. The van der Waals surface area contributed by atoms with Crippen molar-refractivity contribution in [1.29, 1.82) is 0 Å². The van der Waals surface area contributed by atoms with E-state index in [9.17, 15) is 4.79 Å². The van der Waals surface area contributed by atoms with Gasteiger partial charge in [0.15, 0.2) is 5.82 Å². The first-order valence-corrected chi connectivity index (χ1v) is 6.61. The summed E-state index contributed by atoms with van der Waals surface area (Å²) in [6.07, 6.45) is 5.24. The molecule has 2 heterocycles. The molecule has 0 radical (unpaired) electrons. The van der Waals surface area contributed by atoms with Gasteiger partial charge in [0.2, 0.25) is 0 Å². The summed E-state index contributed by atoms with van der Waals surface area (Å²) in [5, 5.41) is 7.03. The summed E-state index contributed by atoms with van der Waals surface area (Å²) in [6, 6.07) is 14.8. The van der Waals surface area contributed by atoms with Crippen LogP contribution in [0.3, 0.4) is 0 Å². The fraction of sp³-hybridized carbons (Fsp3) is 0.0625. The van der Waals surface area contributed by atoms with Crippen molar-refractivity contribution in [2.24, 2.45) is 0 Å². The summed E-state index contributed by atoms with van der Waals surface area (Å²) in [4.78, 5) is 16.2. The summed E-state index contributed by atoms with van der Waals surface area (Å²) in [5.41, 5.74) is 1.62. The van der Waals surface area contributed by atoms with Gasteiger partial charge < -0.3 is 5.32 Å². The molecule has 0 saturated carbocycles. The second kappa shape index (κ2) is 6.00. The quantitative estimate of drug-likeness (QED) is 0.796.